The van der Waals surface area contributed by atoms with Crippen LogP contribution in [0, 0.1) is 0 Å². The standard InChI is InChI=1S/C13H8BrClN2O3/c14-9-2-1-8(6-10(9)15)17-12(18)7-3-4-16-11(5-7)13(19)20/h1-6H,(H,17,18)(H,19,20). The van der Waals surface area contributed by atoms with E-state index in [0.29, 0.717) is 15.2 Å². The number of hydrogen-bond donors (Lipinski definition) is 2. The first kappa shape index (κ1) is 14.5. The Hall–Kier alpha value is -1.92. The van der Waals surface area contributed by atoms with Crippen molar-refractivity contribution in [1.29, 1.82) is 0 Å². The molecule has 1 amide bonds. The number of carbonyl (C=O) groups is 2. The molecule has 0 aliphatic rings. The van der Waals surface area contributed by atoms with E-state index < -0.39 is 11.9 Å². The summed E-state index contributed by atoms with van der Waals surface area (Å²) in [6.07, 6.45) is 1.27. The molecule has 7 heteroatoms. The van der Waals surface area contributed by atoms with Crippen molar-refractivity contribution in [1.82, 2.24) is 4.98 Å². The summed E-state index contributed by atoms with van der Waals surface area (Å²) in [6, 6.07) is 7.60. The molecule has 0 aliphatic heterocycles. The minimum absolute atomic E-state index is 0.188. The largest absolute Gasteiger partial charge is 0.477 e. The van der Waals surface area contributed by atoms with E-state index in [9.17, 15) is 9.59 Å². The fourth-order valence-electron chi connectivity index (χ4n) is 1.47. The number of pyridine rings is 1. The maximum Gasteiger partial charge on any atom is 0.354 e. The molecule has 0 unspecified atom stereocenters. The molecule has 0 spiro atoms. The average molecular weight is 356 g/mol. The van der Waals surface area contributed by atoms with Crippen molar-refractivity contribution in [3.05, 3.63) is 57.3 Å². The fourth-order valence-corrected chi connectivity index (χ4v) is 1.89. The van der Waals surface area contributed by atoms with Gasteiger partial charge in [0.15, 0.2) is 0 Å². The van der Waals surface area contributed by atoms with Gasteiger partial charge in [-0.2, -0.15) is 0 Å². The summed E-state index contributed by atoms with van der Waals surface area (Å²) < 4.78 is 0.717. The number of nitrogens with one attached hydrogen (secondary N) is 1. The minimum Gasteiger partial charge on any atom is -0.477 e. The second-order valence-corrected chi connectivity index (χ2v) is 5.08. The topological polar surface area (TPSA) is 79.3 Å². The third-order valence-corrected chi connectivity index (χ3v) is 3.65. The molecule has 2 aromatic rings. The predicted octanol–water partition coefficient (Wildman–Crippen LogP) is 3.45. The zero-order valence-corrected chi connectivity index (χ0v) is 12.3. The van der Waals surface area contributed by atoms with Crippen LogP contribution in [-0.4, -0.2) is 22.0 Å². The summed E-state index contributed by atoms with van der Waals surface area (Å²) in [5.41, 5.74) is 0.528. The van der Waals surface area contributed by atoms with Gasteiger partial charge in [0.1, 0.15) is 5.69 Å². The lowest BCUT2D eigenvalue weighted by Gasteiger charge is -2.06. The van der Waals surface area contributed by atoms with Gasteiger partial charge in [-0.25, -0.2) is 9.78 Å². The number of rotatable bonds is 3. The highest BCUT2D eigenvalue weighted by atomic mass is 79.9. The van der Waals surface area contributed by atoms with E-state index >= 15 is 0 Å². The Balaban J connectivity index is 2.21. The van der Waals surface area contributed by atoms with Crippen LogP contribution in [0.5, 0.6) is 0 Å². The summed E-state index contributed by atoms with van der Waals surface area (Å²) in [5.74, 6) is -1.63. The molecule has 0 radical (unpaired) electrons. The van der Waals surface area contributed by atoms with Gasteiger partial charge in [-0.1, -0.05) is 11.6 Å². The maximum atomic E-state index is 12.0. The number of aromatic carboxylic acids is 1. The van der Waals surface area contributed by atoms with Crippen molar-refractivity contribution >= 4 is 45.1 Å². The van der Waals surface area contributed by atoms with Crippen molar-refractivity contribution in [2.24, 2.45) is 0 Å². The minimum atomic E-state index is -1.19. The van der Waals surface area contributed by atoms with E-state index in [2.05, 4.69) is 26.2 Å². The summed E-state index contributed by atoms with van der Waals surface area (Å²) in [7, 11) is 0. The fraction of sp³-hybridized carbons (Fsp3) is 0. The van der Waals surface area contributed by atoms with Gasteiger partial charge in [0.05, 0.1) is 5.02 Å². The molecule has 0 fully saturated rings. The molecule has 5 nitrogen and oxygen atoms in total. The zero-order valence-electron chi connectivity index (χ0n) is 9.93. The number of aromatic nitrogens is 1. The normalized spacial score (nSPS) is 10.1. The van der Waals surface area contributed by atoms with Crippen LogP contribution < -0.4 is 5.32 Å². The summed E-state index contributed by atoms with van der Waals surface area (Å²) >= 11 is 9.17. The number of anilines is 1. The van der Waals surface area contributed by atoms with Gasteiger partial charge in [0, 0.05) is 21.9 Å². The number of amides is 1. The van der Waals surface area contributed by atoms with Gasteiger partial charge in [0.25, 0.3) is 5.91 Å². The van der Waals surface area contributed by atoms with Crippen LogP contribution in [0.3, 0.4) is 0 Å². The average Bonchev–Trinajstić information content (AvgIpc) is 2.43. The first-order valence-electron chi connectivity index (χ1n) is 5.43. The Morgan fingerprint density at radius 1 is 1.25 bits per heavy atom. The third-order valence-electron chi connectivity index (χ3n) is 2.42. The highest BCUT2D eigenvalue weighted by Crippen LogP contribution is 2.25. The Kier molecular flexibility index (Phi) is 4.36. The van der Waals surface area contributed by atoms with Crippen LogP contribution in [0.15, 0.2) is 41.0 Å². The zero-order chi connectivity index (χ0) is 14.7. The highest BCUT2D eigenvalue weighted by molar-refractivity contribution is 9.10. The molecule has 2 N–H and O–H groups in total. The van der Waals surface area contributed by atoms with E-state index in [-0.39, 0.29) is 11.3 Å². The molecule has 0 atom stereocenters. The SMILES string of the molecule is O=C(Nc1ccc(Br)c(Cl)c1)c1ccnc(C(=O)O)c1. The number of carboxylic acids is 1. The second kappa shape index (κ2) is 6.02. The molecule has 1 aromatic heterocycles. The van der Waals surface area contributed by atoms with Crippen molar-refractivity contribution in [3.8, 4) is 0 Å². The second-order valence-electron chi connectivity index (χ2n) is 3.82. The monoisotopic (exact) mass is 354 g/mol. The lowest BCUT2D eigenvalue weighted by atomic mass is 10.2. The molecule has 20 heavy (non-hydrogen) atoms. The van der Waals surface area contributed by atoms with Gasteiger partial charge >= 0.3 is 5.97 Å². The molecule has 1 heterocycles. The summed E-state index contributed by atoms with van der Waals surface area (Å²) in [6.45, 7) is 0. The molecule has 102 valence electrons. The Labute approximate surface area is 127 Å². The number of hydrogen-bond acceptors (Lipinski definition) is 3. The van der Waals surface area contributed by atoms with Crippen LogP contribution in [0.4, 0.5) is 5.69 Å². The number of carbonyl (C=O) groups excluding carboxylic acids is 1. The van der Waals surface area contributed by atoms with Crippen LogP contribution >= 0.6 is 27.5 Å². The van der Waals surface area contributed by atoms with Crippen LogP contribution in [0.25, 0.3) is 0 Å². The Morgan fingerprint density at radius 2 is 2.00 bits per heavy atom. The smallest absolute Gasteiger partial charge is 0.354 e. The number of carboxylic acid groups (broad SMARTS) is 1. The number of nitrogens with zero attached hydrogens (tertiary/aromatic N) is 1. The van der Waals surface area contributed by atoms with Crippen LogP contribution in [0.1, 0.15) is 20.8 Å². The first-order chi connectivity index (χ1) is 9.47. The summed E-state index contributed by atoms with van der Waals surface area (Å²) in [4.78, 5) is 26.4. The molecule has 0 saturated carbocycles. The van der Waals surface area contributed by atoms with E-state index in [1.807, 2.05) is 0 Å². The first-order valence-corrected chi connectivity index (χ1v) is 6.60. The molecule has 0 saturated heterocycles. The predicted molar refractivity (Wildman–Crippen MR) is 78.3 cm³/mol. The molecule has 1 aromatic carbocycles. The van der Waals surface area contributed by atoms with Gasteiger partial charge in [0.2, 0.25) is 0 Å². The third kappa shape index (κ3) is 3.34. The molecule has 0 bridgehead atoms. The van der Waals surface area contributed by atoms with Crippen molar-refractivity contribution in [3.63, 3.8) is 0 Å². The molecular weight excluding hydrogens is 348 g/mol. The maximum absolute atomic E-state index is 12.0. The Morgan fingerprint density at radius 3 is 2.65 bits per heavy atom. The van der Waals surface area contributed by atoms with Gasteiger partial charge < -0.3 is 10.4 Å². The lowest BCUT2D eigenvalue weighted by molar-refractivity contribution is 0.0690. The Bertz CT molecular complexity index is 691. The molecule has 0 aliphatic carbocycles. The van der Waals surface area contributed by atoms with E-state index in [0.717, 1.165) is 0 Å². The molecule has 2 rings (SSSR count). The van der Waals surface area contributed by atoms with Gasteiger partial charge in [-0.15, -0.1) is 0 Å². The van der Waals surface area contributed by atoms with Crippen molar-refractivity contribution in [2.45, 2.75) is 0 Å². The quantitative estimate of drug-likeness (QED) is 0.884. The van der Waals surface area contributed by atoms with Crippen molar-refractivity contribution in [2.75, 3.05) is 5.32 Å². The lowest BCUT2D eigenvalue weighted by Crippen LogP contribution is -2.13. The van der Waals surface area contributed by atoms with Gasteiger partial charge in [-0.3, -0.25) is 4.79 Å². The van der Waals surface area contributed by atoms with Crippen molar-refractivity contribution < 1.29 is 14.7 Å². The van der Waals surface area contributed by atoms with Crippen LogP contribution in [0.2, 0.25) is 5.02 Å². The van der Waals surface area contributed by atoms with Gasteiger partial charge in [-0.05, 0) is 46.3 Å². The van der Waals surface area contributed by atoms with E-state index in [1.54, 1.807) is 18.2 Å². The van der Waals surface area contributed by atoms with E-state index in [4.69, 9.17) is 16.7 Å². The van der Waals surface area contributed by atoms with Crippen LogP contribution in [-0.2, 0) is 0 Å². The number of benzene rings is 1. The summed E-state index contributed by atoms with van der Waals surface area (Å²) in [5, 5.41) is 11.9. The number of halogens is 2. The highest BCUT2D eigenvalue weighted by Gasteiger charge is 2.11. The molecular formula is C13H8BrClN2O3. The van der Waals surface area contributed by atoms with E-state index in [1.165, 1.54) is 18.3 Å².